The van der Waals surface area contributed by atoms with E-state index in [0.29, 0.717) is 18.7 Å². The summed E-state index contributed by atoms with van der Waals surface area (Å²) >= 11 is 0. The van der Waals surface area contributed by atoms with Gasteiger partial charge >= 0.3 is 0 Å². The highest BCUT2D eigenvalue weighted by atomic mass is 35.5. The Morgan fingerprint density at radius 3 is 2.86 bits per heavy atom. The number of aromatic nitrogens is 2. The van der Waals surface area contributed by atoms with E-state index in [1.54, 1.807) is 24.7 Å². The van der Waals surface area contributed by atoms with E-state index in [-0.39, 0.29) is 36.8 Å². The molecule has 0 radical (unpaired) electrons. The summed E-state index contributed by atoms with van der Waals surface area (Å²) in [5.74, 6) is -0.141. The van der Waals surface area contributed by atoms with Crippen molar-refractivity contribution in [2.24, 2.45) is 5.73 Å². The first-order valence-corrected chi connectivity index (χ1v) is 6.63. The van der Waals surface area contributed by atoms with Gasteiger partial charge in [0.2, 0.25) is 0 Å². The first kappa shape index (κ1) is 18.6. The molecule has 1 amide bonds. The molecule has 3 N–H and O–H groups in total. The van der Waals surface area contributed by atoms with Crippen LogP contribution in [-0.4, -0.2) is 34.6 Å². The Morgan fingerprint density at radius 2 is 2.14 bits per heavy atom. The van der Waals surface area contributed by atoms with Gasteiger partial charge in [-0.25, -0.2) is 0 Å². The van der Waals surface area contributed by atoms with Gasteiger partial charge < -0.3 is 15.8 Å². The maximum Gasteiger partial charge on any atom is 0.253 e. The second-order valence-corrected chi connectivity index (χ2v) is 4.80. The molecule has 3 rings (SSSR count). The first-order chi connectivity index (χ1) is 9.78. The molecule has 1 aliphatic heterocycles. The molecule has 8 heteroatoms. The van der Waals surface area contributed by atoms with E-state index in [1.807, 2.05) is 6.07 Å². The van der Waals surface area contributed by atoms with Gasteiger partial charge in [-0.1, -0.05) is 0 Å². The molecule has 120 valence electrons. The number of anilines is 1. The minimum Gasteiger partial charge on any atom is -0.364 e. The van der Waals surface area contributed by atoms with Crippen LogP contribution in [0.15, 0.2) is 30.7 Å². The van der Waals surface area contributed by atoms with E-state index in [0.717, 1.165) is 17.3 Å². The Hall–Kier alpha value is -1.47. The summed E-state index contributed by atoms with van der Waals surface area (Å²) in [7, 11) is 0. The Labute approximate surface area is 140 Å². The van der Waals surface area contributed by atoms with Crippen molar-refractivity contribution in [3.63, 3.8) is 0 Å². The maximum atomic E-state index is 12.2. The first-order valence-electron chi connectivity index (χ1n) is 6.63. The van der Waals surface area contributed by atoms with Crippen molar-refractivity contribution in [2.75, 3.05) is 11.9 Å². The summed E-state index contributed by atoms with van der Waals surface area (Å²) in [6.45, 7) is 0.450. The number of ether oxygens (including phenoxy) is 1. The minimum atomic E-state index is -0.427. The molecular weight excluding hydrogens is 327 g/mol. The highest BCUT2D eigenvalue weighted by molar-refractivity contribution is 6.02. The molecule has 1 fully saturated rings. The van der Waals surface area contributed by atoms with Gasteiger partial charge in [-0.3, -0.25) is 14.8 Å². The van der Waals surface area contributed by atoms with Gasteiger partial charge in [0.05, 0.1) is 17.3 Å². The number of halogens is 2. The molecule has 1 aliphatic rings. The molecule has 3 heterocycles. The van der Waals surface area contributed by atoms with Crippen molar-refractivity contribution < 1.29 is 9.53 Å². The Bertz CT molecular complexity index is 636. The number of rotatable bonds is 3. The number of hydrogen-bond acceptors (Lipinski definition) is 5. The molecule has 0 bridgehead atoms. The zero-order valence-electron chi connectivity index (χ0n) is 11.8. The van der Waals surface area contributed by atoms with Crippen LogP contribution in [0.3, 0.4) is 0 Å². The molecule has 0 aliphatic carbocycles. The lowest BCUT2D eigenvalue weighted by molar-refractivity contribution is -0.126. The van der Waals surface area contributed by atoms with Crippen molar-refractivity contribution >= 4 is 47.3 Å². The number of nitrogens with one attached hydrogen (secondary N) is 1. The van der Waals surface area contributed by atoms with Crippen LogP contribution >= 0.6 is 24.8 Å². The van der Waals surface area contributed by atoms with E-state index in [4.69, 9.17) is 10.5 Å². The SMILES string of the molecule is Cl.Cl.NC[C@H]1CC[C@@H](C(=O)Nc2ccnc3ccncc23)O1. The molecule has 2 atom stereocenters. The van der Waals surface area contributed by atoms with Gasteiger partial charge in [0.25, 0.3) is 5.91 Å². The van der Waals surface area contributed by atoms with Crippen molar-refractivity contribution in [3.8, 4) is 0 Å². The number of carbonyl (C=O) groups excluding carboxylic acids is 1. The van der Waals surface area contributed by atoms with Gasteiger partial charge in [0.1, 0.15) is 6.10 Å². The molecule has 22 heavy (non-hydrogen) atoms. The van der Waals surface area contributed by atoms with E-state index in [1.165, 1.54) is 0 Å². The summed E-state index contributed by atoms with van der Waals surface area (Å²) in [6.07, 6.45) is 6.12. The van der Waals surface area contributed by atoms with Crippen LogP contribution in [-0.2, 0) is 9.53 Å². The predicted molar refractivity (Wildman–Crippen MR) is 89.6 cm³/mol. The molecule has 2 aromatic heterocycles. The van der Waals surface area contributed by atoms with E-state index in [2.05, 4.69) is 15.3 Å². The highest BCUT2D eigenvalue weighted by Crippen LogP contribution is 2.23. The van der Waals surface area contributed by atoms with Crippen LogP contribution in [0.5, 0.6) is 0 Å². The number of hydrogen-bond donors (Lipinski definition) is 2. The summed E-state index contributed by atoms with van der Waals surface area (Å²) in [6, 6.07) is 3.57. The normalized spacial score (nSPS) is 20.0. The van der Waals surface area contributed by atoms with Crippen LogP contribution < -0.4 is 11.1 Å². The van der Waals surface area contributed by atoms with Gasteiger partial charge in [0.15, 0.2) is 0 Å². The molecular formula is C14H18Cl2N4O2. The predicted octanol–water partition coefficient (Wildman–Crippen LogP) is 1.92. The fourth-order valence-electron chi connectivity index (χ4n) is 2.38. The zero-order valence-corrected chi connectivity index (χ0v) is 13.4. The van der Waals surface area contributed by atoms with Crippen LogP contribution in [0.2, 0.25) is 0 Å². The maximum absolute atomic E-state index is 12.2. The lowest BCUT2D eigenvalue weighted by Crippen LogP contribution is -2.29. The average Bonchev–Trinajstić information content (AvgIpc) is 2.97. The minimum absolute atomic E-state index is 0. The highest BCUT2D eigenvalue weighted by Gasteiger charge is 2.30. The number of fused-ring (bicyclic) bond motifs is 1. The summed E-state index contributed by atoms with van der Waals surface area (Å²) in [5, 5.41) is 3.70. The summed E-state index contributed by atoms with van der Waals surface area (Å²) in [5.41, 5.74) is 7.05. The zero-order chi connectivity index (χ0) is 13.9. The molecule has 0 aromatic carbocycles. The van der Waals surface area contributed by atoms with Crippen molar-refractivity contribution in [1.29, 1.82) is 0 Å². The summed E-state index contributed by atoms with van der Waals surface area (Å²) < 4.78 is 5.59. The quantitative estimate of drug-likeness (QED) is 0.887. The standard InChI is InChI=1S/C14H16N4O2.2ClH/c15-7-9-1-2-13(20-9)14(19)18-12-4-6-17-11-3-5-16-8-10(11)12;;/h3-6,8-9,13H,1-2,7,15H2,(H,17,18,19);2*1H/t9-,13+;;/m1../s1. The topological polar surface area (TPSA) is 90.1 Å². The number of carbonyl (C=O) groups is 1. The fourth-order valence-corrected chi connectivity index (χ4v) is 2.38. The van der Waals surface area contributed by atoms with Crippen molar-refractivity contribution in [2.45, 2.75) is 25.0 Å². The number of amides is 1. The second-order valence-electron chi connectivity index (χ2n) is 4.80. The van der Waals surface area contributed by atoms with Gasteiger partial charge in [-0.2, -0.15) is 0 Å². The smallest absolute Gasteiger partial charge is 0.253 e. The van der Waals surface area contributed by atoms with Gasteiger partial charge in [-0.15, -0.1) is 24.8 Å². The average molecular weight is 345 g/mol. The largest absolute Gasteiger partial charge is 0.364 e. The van der Waals surface area contributed by atoms with Crippen LogP contribution in [0.4, 0.5) is 5.69 Å². The third-order valence-electron chi connectivity index (χ3n) is 3.46. The fraction of sp³-hybridized carbons (Fsp3) is 0.357. The molecule has 0 saturated carbocycles. The number of nitrogens with two attached hydrogens (primary N) is 1. The van der Waals surface area contributed by atoms with Crippen LogP contribution in [0.1, 0.15) is 12.8 Å². The van der Waals surface area contributed by atoms with Crippen molar-refractivity contribution in [3.05, 3.63) is 30.7 Å². The van der Waals surface area contributed by atoms with Crippen LogP contribution in [0, 0.1) is 0 Å². The molecule has 1 saturated heterocycles. The third kappa shape index (κ3) is 3.84. The van der Waals surface area contributed by atoms with E-state index < -0.39 is 6.10 Å². The van der Waals surface area contributed by atoms with E-state index >= 15 is 0 Å². The molecule has 6 nitrogen and oxygen atoms in total. The Morgan fingerprint density at radius 1 is 1.32 bits per heavy atom. The number of pyridine rings is 2. The lowest BCUT2D eigenvalue weighted by atomic mass is 10.1. The molecule has 0 unspecified atom stereocenters. The van der Waals surface area contributed by atoms with Gasteiger partial charge in [-0.05, 0) is 25.0 Å². The van der Waals surface area contributed by atoms with Crippen molar-refractivity contribution in [1.82, 2.24) is 9.97 Å². The third-order valence-corrected chi connectivity index (χ3v) is 3.46. The number of nitrogens with zero attached hydrogens (tertiary/aromatic N) is 2. The van der Waals surface area contributed by atoms with Crippen LogP contribution in [0.25, 0.3) is 10.9 Å². The molecule has 2 aromatic rings. The molecule has 0 spiro atoms. The Kier molecular flexibility index (Phi) is 6.96. The lowest BCUT2D eigenvalue weighted by Gasteiger charge is -2.13. The van der Waals surface area contributed by atoms with E-state index in [9.17, 15) is 4.79 Å². The second kappa shape index (κ2) is 8.24. The monoisotopic (exact) mass is 344 g/mol. The Balaban J connectivity index is 0.00000121. The summed E-state index contributed by atoms with van der Waals surface area (Å²) in [4.78, 5) is 20.5. The van der Waals surface area contributed by atoms with Gasteiger partial charge in [0, 0.05) is 30.5 Å².